The van der Waals surface area contributed by atoms with Gasteiger partial charge in [-0.15, -0.1) is 0 Å². The van der Waals surface area contributed by atoms with Gasteiger partial charge >= 0.3 is 0 Å². The minimum Gasteiger partial charge on any atom is -0.441 e. The number of fused-ring (bicyclic) bond motifs is 1. The van der Waals surface area contributed by atoms with Gasteiger partial charge in [-0.3, -0.25) is 4.79 Å². The highest BCUT2D eigenvalue weighted by atomic mass is 32.2. The van der Waals surface area contributed by atoms with Crippen molar-refractivity contribution in [3.05, 3.63) is 64.4 Å². The number of carbonyl (C=O) groups is 1. The average Bonchev–Trinajstić information content (AvgIpc) is 3.16. The molecule has 0 unspecified atom stereocenters. The molecule has 1 aromatic heterocycles. The van der Waals surface area contributed by atoms with Crippen LogP contribution in [-0.4, -0.2) is 16.1 Å². The number of aliphatic imine (C=N–C) groups is 1. The van der Waals surface area contributed by atoms with Crippen molar-refractivity contribution >= 4 is 45.7 Å². The van der Waals surface area contributed by atoms with Crippen LogP contribution in [-0.2, 0) is 4.79 Å². The number of nitrogens with zero attached hydrogens (tertiary/aromatic N) is 3. The number of aromatic nitrogens is 1. The lowest BCUT2D eigenvalue weighted by Gasteiger charge is -1.96. The summed E-state index contributed by atoms with van der Waals surface area (Å²) in [4.78, 5) is 21.4. The monoisotopic (exact) mass is 360 g/mol. The first-order chi connectivity index (χ1) is 12.6. The van der Waals surface area contributed by atoms with E-state index < -0.39 is 0 Å². The Labute approximate surface area is 153 Å². The largest absolute Gasteiger partial charge is 0.441 e. The molecule has 1 amide bonds. The zero-order chi connectivity index (χ0) is 18.1. The SMILES string of the molecule is Cc1nc2ccc(/C=C3/SC(=Nc4ccc(C#N)cc4)NC3=O)cc2o1. The van der Waals surface area contributed by atoms with Crippen LogP contribution in [0.15, 0.2) is 56.8 Å². The number of amides is 1. The lowest BCUT2D eigenvalue weighted by atomic mass is 10.2. The topological polar surface area (TPSA) is 91.3 Å². The fourth-order valence-electron chi connectivity index (χ4n) is 2.51. The molecule has 26 heavy (non-hydrogen) atoms. The van der Waals surface area contributed by atoms with Crippen LogP contribution < -0.4 is 5.32 Å². The van der Waals surface area contributed by atoms with E-state index in [9.17, 15) is 4.79 Å². The van der Waals surface area contributed by atoms with E-state index in [2.05, 4.69) is 21.4 Å². The molecule has 0 atom stereocenters. The predicted molar refractivity (Wildman–Crippen MR) is 101 cm³/mol. The summed E-state index contributed by atoms with van der Waals surface area (Å²) in [5, 5.41) is 12.1. The Kier molecular flexibility index (Phi) is 4.03. The third kappa shape index (κ3) is 3.23. The van der Waals surface area contributed by atoms with Crippen LogP contribution >= 0.6 is 11.8 Å². The van der Waals surface area contributed by atoms with Gasteiger partial charge in [-0.2, -0.15) is 5.26 Å². The number of oxazole rings is 1. The van der Waals surface area contributed by atoms with Crippen molar-refractivity contribution in [2.24, 2.45) is 4.99 Å². The highest BCUT2D eigenvalue weighted by Gasteiger charge is 2.23. The van der Waals surface area contributed by atoms with Gasteiger partial charge in [0.15, 0.2) is 16.6 Å². The Morgan fingerprint density at radius 1 is 1.27 bits per heavy atom. The number of nitriles is 1. The first-order valence-corrected chi connectivity index (χ1v) is 8.59. The standard InChI is InChI=1S/C19H12N4O2S/c1-11-21-15-7-4-13(8-16(15)25-11)9-17-18(24)23-19(26-17)22-14-5-2-12(10-20)3-6-14/h2-9H,1H3,(H,22,23,24)/b17-9+. The second-order valence-electron chi connectivity index (χ2n) is 5.60. The summed E-state index contributed by atoms with van der Waals surface area (Å²) in [7, 11) is 0. The van der Waals surface area contributed by atoms with Gasteiger partial charge in [0.25, 0.3) is 5.91 Å². The molecule has 7 heteroatoms. The number of hydrogen-bond acceptors (Lipinski definition) is 6. The second-order valence-corrected chi connectivity index (χ2v) is 6.63. The Morgan fingerprint density at radius 2 is 2.08 bits per heavy atom. The molecule has 6 nitrogen and oxygen atoms in total. The molecule has 1 N–H and O–H groups in total. The number of rotatable bonds is 2. The van der Waals surface area contributed by atoms with Crippen LogP contribution in [0.1, 0.15) is 17.0 Å². The highest BCUT2D eigenvalue weighted by molar-refractivity contribution is 8.18. The lowest BCUT2D eigenvalue weighted by Crippen LogP contribution is -2.19. The van der Waals surface area contributed by atoms with Gasteiger partial charge in [0, 0.05) is 6.92 Å². The van der Waals surface area contributed by atoms with Crippen LogP contribution in [0.25, 0.3) is 17.2 Å². The van der Waals surface area contributed by atoms with Crippen molar-refractivity contribution in [1.29, 1.82) is 5.26 Å². The average molecular weight is 360 g/mol. The Hall–Kier alpha value is -3.37. The third-order valence-corrected chi connectivity index (χ3v) is 4.60. The van der Waals surface area contributed by atoms with E-state index in [1.54, 1.807) is 37.3 Å². The first-order valence-electron chi connectivity index (χ1n) is 7.78. The van der Waals surface area contributed by atoms with Gasteiger partial charge in [0.05, 0.1) is 22.2 Å². The molecule has 0 spiro atoms. The summed E-state index contributed by atoms with van der Waals surface area (Å²) in [6, 6.07) is 14.5. The van der Waals surface area contributed by atoms with Crippen LogP contribution in [0.3, 0.4) is 0 Å². The molecule has 1 fully saturated rings. The fourth-order valence-corrected chi connectivity index (χ4v) is 3.35. The zero-order valence-corrected chi connectivity index (χ0v) is 14.5. The summed E-state index contributed by atoms with van der Waals surface area (Å²) in [6.45, 7) is 1.80. The Morgan fingerprint density at radius 3 is 2.85 bits per heavy atom. The summed E-state index contributed by atoms with van der Waals surface area (Å²) < 4.78 is 5.52. The molecule has 4 rings (SSSR count). The number of amidine groups is 1. The van der Waals surface area contributed by atoms with Crippen LogP contribution in [0.2, 0.25) is 0 Å². The van der Waals surface area contributed by atoms with Crippen LogP contribution in [0.5, 0.6) is 0 Å². The Balaban J connectivity index is 1.58. The molecule has 0 bridgehead atoms. The van der Waals surface area contributed by atoms with E-state index in [0.717, 1.165) is 11.1 Å². The van der Waals surface area contributed by atoms with Crippen LogP contribution in [0, 0.1) is 18.3 Å². The maximum absolute atomic E-state index is 12.2. The number of thioether (sulfide) groups is 1. The van der Waals surface area contributed by atoms with Crippen molar-refractivity contribution in [3.63, 3.8) is 0 Å². The molecule has 2 heterocycles. The Bertz CT molecular complexity index is 1120. The molecule has 0 saturated carbocycles. The molecule has 0 aliphatic carbocycles. The first kappa shape index (κ1) is 16.1. The van der Waals surface area contributed by atoms with Crippen molar-refractivity contribution in [1.82, 2.24) is 10.3 Å². The maximum atomic E-state index is 12.2. The van der Waals surface area contributed by atoms with Gasteiger partial charge in [0.2, 0.25) is 0 Å². The number of aryl methyl sites for hydroxylation is 1. The molecule has 1 aliphatic heterocycles. The van der Waals surface area contributed by atoms with E-state index in [4.69, 9.17) is 9.68 Å². The molecule has 126 valence electrons. The third-order valence-electron chi connectivity index (χ3n) is 3.70. The predicted octanol–water partition coefficient (Wildman–Crippen LogP) is 3.90. The normalized spacial score (nSPS) is 17.0. The van der Waals surface area contributed by atoms with Crippen LogP contribution in [0.4, 0.5) is 5.69 Å². The minimum absolute atomic E-state index is 0.198. The molecular weight excluding hydrogens is 348 g/mol. The van der Waals surface area contributed by atoms with Gasteiger partial charge in [-0.05, 0) is 59.8 Å². The van der Waals surface area contributed by atoms with E-state index in [-0.39, 0.29) is 5.91 Å². The minimum atomic E-state index is -0.198. The summed E-state index contributed by atoms with van der Waals surface area (Å²) in [5.41, 5.74) is 3.57. The van der Waals surface area contributed by atoms with Gasteiger partial charge < -0.3 is 9.73 Å². The van der Waals surface area contributed by atoms with Crippen molar-refractivity contribution < 1.29 is 9.21 Å². The molecule has 0 radical (unpaired) electrons. The fraction of sp³-hybridized carbons (Fsp3) is 0.0526. The van der Waals surface area contributed by atoms with Gasteiger partial charge in [0.1, 0.15) is 5.52 Å². The molecule has 1 aliphatic rings. The van der Waals surface area contributed by atoms with E-state index in [1.807, 2.05) is 18.2 Å². The van der Waals surface area contributed by atoms with Crippen molar-refractivity contribution in [3.8, 4) is 6.07 Å². The number of nitrogens with one attached hydrogen (secondary N) is 1. The smallest absolute Gasteiger partial charge is 0.264 e. The zero-order valence-electron chi connectivity index (χ0n) is 13.7. The molecular formula is C19H12N4O2S. The number of benzene rings is 2. The second kappa shape index (κ2) is 6.50. The van der Waals surface area contributed by atoms with Crippen molar-refractivity contribution in [2.45, 2.75) is 6.92 Å². The maximum Gasteiger partial charge on any atom is 0.264 e. The number of hydrogen-bond donors (Lipinski definition) is 1. The molecule has 2 aromatic carbocycles. The lowest BCUT2D eigenvalue weighted by molar-refractivity contribution is -0.115. The van der Waals surface area contributed by atoms with Gasteiger partial charge in [-0.25, -0.2) is 9.98 Å². The van der Waals surface area contributed by atoms with E-state index in [0.29, 0.717) is 32.8 Å². The van der Waals surface area contributed by atoms with Crippen molar-refractivity contribution in [2.75, 3.05) is 0 Å². The molecule has 1 saturated heterocycles. The molecule has 3 aromatic rings. The van der Waals surface area contributed by atoms with E-state index in [1.165, 1.54) is 11.8 Å². The number of carbonyl (C=O) groups excluding carboxylic acids is 1. The summed E-state index contributed by atoms with van der Waals surface area (Å²) in [5.74, 6) is 0.408. The summed E-state index contributed by atoms with van der Waals surface area (Å²) in [6.07, 6.45) is 1.79. The quantitative estimate of drug-likeness (QED) is 0.700. The van der Waals surface area contributed by atoms with E-state index >= 15 is 0 Å². The summed E-state index contributed by atoms with van der Waals surface area (Å²) >= 11 is 1.27. The van der Waals surface area contributed by atoms with Gasteiger partial charge in [-0.1, -0.05) is 6.07 Å². The highest BCUT2D eigenvalue weighted by Crippen LogP contribution is 2.29.